The van der Waals surface area contributed by atoms with E-state index in [0.717, 1.165) is 67.0 Å². The zero-order valence-electron chi connectivity index (χ0n) is 26.0. The van der Waals surface area contributed by atoms with Gasteiger partial charge in [0.25, 0.3) is 0 Å². The predicted octanol–water partition coefficient (Wildman–Crippen LogP) is 11.1. The molecule has 0 radical (unpaired) electrons. The Bertz CT molecular complexity index is 2700. The Labute approximate surface area is 271 Å². The van der Waals surface area contributed by atoms with Gasteiger partial charge in [0, 0.05) is 54.9 Å². The summed E-state index contributed by atoms with van der Waals surface area (Å²) in [6.45, 7) is 4.57. The summed E-state index contributed by atoms with van der Waals surface area (Å²) in [6.07, 6.45) is 0. The van der Waals surface area contributed by atoms with E-state index in [1.165, 1.54) is 27.5 Å². The van der Waals surface area contributed by atoms with E-state index in [-0.39, 0.29) is 5.41 Å². The first-order valence-corrected chi connectivity index (χ1v) is 16.1. The van der Waals surface area contributed by atoms with E-state index in [2.05, 4.69) is 146 Å². The molecule has 222 valence electrons. The van der Waals surface area contributed by atoms with Gasteiger partial charge in [0.05, 0.1) is 22.4 Å². The van der Waals surface area contributed by atoms with Gasteiger partial charge in [0.15, 0.2) is 5.82 Å². The van der Waals surface area contributed by atoms with Crippen LogP contribution >= 0.6 is 0 Å². The average Bonchev–Trinajstić information content (AvgIpc) is 3.74. The molecule has 0 unspecified atom stereocenters. The SMILES string of the molecule is CC1(C)c2ccccc2-c2nc(-c3ccc(-n4c5ccccc5c5c6c(ccc54)oc4ccccc46)cc3)nc(-c3ccccc3)c21. The molecular weight excluding hydrogens is 574 g/mol. The standard InChI is InChI=1S/C43H29N3O/c1-43(2)32-17-9-6-14-29(32)41-39(43)40(26-12-4-3-5-13-26)44-42(45-41)27-20-22-28(23-21-27)46-33-18-10-7-15-30(33)37-34(46)24-25-36-38(37)31-16-8-11-19-35(31)47-36/h3-25H,1-2H3. The van der Waals surface area contributed by atoms with Crippen molar-refractivity contribution >= 4 is 43.7 Å². The Morgan fingerprint density at radius 2 is 1.23 bits per heavy atom. The predicted molar refractivity (Wildman–Crippen MR) is 192 cm³/mol. The topological polar surface area (TPSA) is 43.9 Å². The quantitative estimate of drug-likeness (QED) is 0.202. The second-order valence-corrected chi connectivity index (χ2v) is 13.0. The molecule has 0 saturated carbocycles. The lowest BCUT2D eigenvalue weighted by Crippen LogP contribution is -2.17. The lowest BCUT2D eigenvalue weighted by Gasteiger charge is -2.23. The van der Waals surface area contributed by atoms with Gasteiger partial charge in [-0.05, 0) is 54.1 Å². The minimum Gasteiger partial charge on any atom is -0.456 e. The number of nitrogens with zero attached hydrogens (tertiary/aromatic N) is 3. The van der Waals surface area contributed by atoms with Gasteiger partial charge < -0.3 is 8.98 Å². The number of hydrogen-bond acceptors (Lipinski definition) is 3. The number of rotatable bonds is 3. The molecule has 0 amide bonds. The highest BCUT2D eigenvalue weighted by Crippen LogP contribution is 2.51. The maximum absolute atomic E-state index is 6.27. The van der Waals surface area contributed by atoms with Crippen LogP contribution in [-0.2, 0) is 5.41 Å². The molecule has 10 rings (SSSR count). The summed E-state index contributed by atoms with van der Waals surface area (Å²) in [5.74, 6) is 0.732. The largest absolute Gasteiger partial charge is 0.456 e. The van der Waals surface area contributed by atoms with Gasteiger partial charge in [0.2, 0.25) is 0 Å². The Hall–Kier alpha value is -6.00. The van der Waals surface area contributed by atoms with Crippen molar-refractivity contribution in [1.82, 2.24) is 14.5 Å². The number of furan rings is 1. The molecule has 4 heteroatoms. The molecule has 9 aromatic rings. The summed E-state index contributed by atoms with van der Waals surface area (Å²) in [4.78, 5) is 10.6. The molecule has 4 nitrogen and oxygen atoms in total. The Kier molecular flexibility index (Phi) is 5.31. The molecule has 6 aromatic carbocycles. The van der Waals surface area contributed by atoms with Crippen LogP contribution in [0, 0.1) is 0 Å². The van der Waals surface area contributed by atoms with Gasteiger partial charge in [-0.15, -0.1) is 0 Å². The normalized spacial score (nSPS) is 13.5. The molecule has 47 heavy (non-hydrogen) atoms. The summed E-state index contributed by atoms with van der Waals surface area (Å²) in [5.41, 5.74) is 12.8. The Balaban J connectivity index is 1.17. The molecule has 1 aliphatic carbocycles. The highest BCUT2D eigenvalue weighted by atomic mass is 16.3. The van der Waals surface area contributed by atoms with Gasteiger partial charge in [-0.25, -0.2) is 9.97 Å². The number of aromatic nitrogens is 3. The van der Waals surface area contributed by atoms with Crippen molar-refractivity contribution in [1.29, 1.82) is 0 Å². The van der Waals surface area contributed by atoms with Crippen molar-refractivity contribution in [2.45, 2.75) is 19.3 Å². The average molecular weight is 604 g/mol. The van der Waals surface area contributed by atoms with Crippen molar-refractivity contribution in [3.05, 3.63) is 151 Å². The van der Waals surface area contributed by atoms with E-state index >= 15 is 0 Å². The van der Waals surface area contributed by atoms with Crippen LogP contribution in [0.3, 0.4) is 0 Å². The smallest absolute Gasteiger partial charge is 0.160 e. The summed E-state index contributed by atoms with van der Waals surface area (Å²) in [6, 6.07) is 49.1. The molecule has 3 heterocycles. The summed E-state index contributed by atoms with van der Waals surface area (Å²) >= 11 is 0. The number of hydrogen-bond donors (Lipinski definition) is 0. The highest BCUT2D eigenvalue weighted by molar-refractivity contribution is 6.27. The molecule has 0 bridgehead atoms. The monoisotopic (exact) mass is 603 g/mol. The van der Waals surface area contributed by atoms with Gasteiger partial charge in [-0.2, -0.15) is 0 Å². The van der Waals surface area contributed by atoms with Crippen LogP contribution in [0.5, 0.6) is 0 Å². The first-order chi connectivity index (χ1) is 23.1. The minimum absolute atomic E-state index is 0.207. The second-order valence-electron chi connectivity index (χ2n) is 13.0. The van der Waals surface area contributed by atoms with Crippen LogP contribution in [-0.4, -0.2) is 14.5 Å². The highest BCUT2D eigenvalue weighted by Gasteiger charge is 2.39. The summed E-state index contributed by atoms with van der Waals surface area (Å²) in [7, 11) is 0. The molecule has 0 fully saturated rings. The van der Waals surface area contributed by atoms with Crippen molar-refractivity contribution in [3.63, 3.8) is 0 Å². The van der Waals surface area contributed by atoms with Crippen molar-refractivity contribution < 1.29 is 4.42 Å². The maximum atomic E-state index is 6.27. The van der Waals surface area contributed by atoms with E-state index in [0.29, 0.717) is 0 Å². The Morgan fingerprint density at radius 3 is 2.09 bits per heavy atom. The fraction of sp³-hybridized carbons (Fsp3) is 0.0698. The molecule has 0 saturated heterocycles. The van der Waals surface area contributed by atoms with Crippen LogP contribution in [0.15, 0.2) is 144 Å². The van der Waals surface area contributed by atoms with Crippen LogP contribution in [0.2, 0.25) is 0 Å². The fourth-order valence-electron chi connectivity index (χ4n) is 7.86. The maximum Gasteiger partial charge on any atom is 0.160 e. The number of fused-ring (bicyclic) bond motifs is 10. The molecule has 3 aromatic heterocycles. The van der Waals surface area contributed by atoms with Crippen LogP contribution in [0.25, 0.3) is 83.3 Å². The number of benzene rings is 6. The van der Waals surface area contributed by atoms with E-state index in [9.17, 15) is 0 Å². The van der Waals surface area contributed by atoms with E-state index < -0.39 is 0 Å². The van der Waals surface area contributed by atoms with Gasteiger partial charge >= 0.3 is 0 Å². The lowest BCUT2D eigenvalue weighted by molar-refractivity contribution is 0.658. The molecule has 0 spiro atoms. The van der Waals surface area contributed by atoms with E-state index in [1.54, 1.807) is 0 Å². The molecule has 0 atom stereocenters. The van der Waals surface area contributed by atoms with Gasteiger partial charge in [0.1, 0.15) is 11.2 Å². The third-order valence-corrected chi connectivity index (χ3v) is 10.00. The molecule has 0 aliphatic heterocycles. The van der Waals surface area contributed by atoms with E-state index in [1.807, 2.05) is 12.1 Å². The zero-order chi connectivity index (χ0) is 31.3. The first kappa shape index (κ1) is 26.2. The fourth-order valence-corrected chi connectivity index (χ4v) is 7.86. The van der Waals surface area contributed by atoms with Gasteiger partial charge in [-0.3, -0.25) is 0 Å². The van der Waals surface area contributed by atoms with Crippen molar-refractivity contribution in [2.24, 2.45) is 0 Å². The molecule has 0 N–H and O–H groups in total. The summed E-state index contributed by atoms with van der Waals surface area (Å²) in [5, 5.41) is 4.72. The second kappa shape index (κ2) is 9.51. The molecule has 1 aliphatic rings. The van der Waals surface area contributed by atoms with Gasteiger partial charge in [-0.1, -0.05) is 105 Å². The van der Waals surface area contributed by atoms with Crippen molar-refractivity contribution in [2.75, 3.05) is 0 Å². The van der Waals surface area contributed by atoms with E-state index in [4.69, 9.17) is 14.4 Å². The minimum atomic E-state index is -0.207. The third-order valence-electron chi connectivity index (χ3n) is 10.00. The Morgan fingerprint density at radius 1 is 0.532 bits per heavy atom. The van der Waals surface area contributed by atoms with Crippen LogP contribution in [0.4, 0.5) is 0 Å². The number of para-hydroxylation sites is 2. The van der Waals surface area contributed by atoms with Crippen molar-refractivity contribution in [3.8, 4) is 39.6 Å². The zero-order valence-corrected chi connectivity index (χ0v) is 26.0. The summed E-state index contributed by atoms with van der Waals surface area (Å²) < 4.78 is 8.63. The van der Waals surface area contributed by atoms with Crippen LogP contribution < -0.4 is 0 Å². The lowest BCUT2D eigenvalue weighted by atomic mass is 9.81. The third kappa shape index (κ3) is 3.64. The first-order valence-electron chi connectivity index (χ1n) is 16.1. The van der Waals surface area contributed by atoms with Crippen LogP contribution in [0.1, 0.15) is 25.0 Å². The molecular formula is C43H29N3O.